The lowest BCUT2D eigenvalue weighted by atomic mass is 10.3. The summed E-state index contributed by atoms with van der Waals surface area (Å²) in [7, 11) is -3.58. The van der Waals surface area contributed by atoms with Crippen LogP contribution < -0.4 is 5.32 Å². The second-order valence-electron chi connectivity index (χ2n) is 5.12. The SMILES string of the molecule is O=C(Nc1ccc(Br)cc1)c1cc(S(=O)(=O)N2CCOCC2)cs1. The van der Waals surface area contributed by atoms with Gasteiger partial charge in [-0.1, -0.05) is 15.9 Å². The Morgan fingerprint density at radius 3 is 2.54 bits per heavy atom. The smallest absolute Gasteiger partial charge is 0.265 e. The molecule has 1 aliphatic heterocycles. The Balaban J connectivity index is 1.74. The van der Waals surface area contributed by atoms with Gasteiger partial charge in [-0.25, -0.2) is 8.42 Å². The first kappa shape index (κ1) is 17.6. The van der Waals surface area contributed by atoms with E-state index in [0.717, 1.165) is 15.8 Å². The Morgan fingerprint density at radius 2 is 1.88 bits per heavy atom. The van der Waals surface area contributed by atoms with Gasteiger partial charge in [-0.3, -0.25) is 4.79 Å². The van der Waals surface area contributed by atoms with E-state index in [9.17, 15) is 13.2 Å². The maximum atomic E-state index is 12.6. The Hall–Kier alpha value is -1.26. The summed E-state index contributed by atoms with van der Waals surface area (Å²) in [5, 5.41) is 4.25. The first-order valence-corrected chi connectivity index (χ1v) is 10.3. The summed E-state index contributed by atoms with van der Waals surface area (Å²) >= 11 is 4.44. The van der Waals surface area contributed by atoms with Crippen LogP contribution in [0.1, 0.15) is 9.67 Å². The van der Waals surface area contributed by atoms with Crippen LogP contribution in [0.2, 0.25) is 0 Å². The van der Waals surface area contributed by atoms with Crippen LogP contribution in [-0.4, -0.2) is 44.9 Å². The maximum Gasteiger partial charge on any atom is 0.265 e. The molecule has 6 nitrogen and oxygen atoms in total. The lowest BCUT2D eigenvalue weighted by Crippen LogP contribution is -2.40. The number of thiophene rings is 1. The Morgan fingerprint density at radius 1 is 1.21 bits per heavy atom. The molecule has 1 fully saturated rings. The zero-order valence-electron chi connectivity index (χ0n) is 12.6. The average molecular weight is 431 g/mol. The van der Waals surface area contributed by atoms with E-state index >= 15 is 0 Å². The van der Waals surface area contributed by atoms with Gasteiger partial charge in [0.15, 0.2) is 0 Å². The molecule has 3 rings (SSSR count). The van der Waals surface area contributed by atoms with E-state index in [0.29, 0.717) is 36.9 Å². The summed E-state index contributed by atoms with van der Waals surface area (Å²) in [5.41, 5.74) is 0.647. The van der Waals surface area contributed by atoms with Crippen molar-refractivity contribution in [3.63, 3.8) is 0 Å². The minimum atomic E-state index is -3.58. The Labute approximate surface area is 152 Å². The molecule has 24 heavy (non-hydrogen) atoms. The summed E-state index contributed by atoms with van der Waals surface area (Å²) in [6.45, 7) is 1.44. The van der Waals surface area contributed by atoms with Gasteiger partial charge in [-0.2, -0.15) is 4.31 Å². The molecule has 0 atom stereocenters. The summed E-state index contributed by atoms with van der Waals surface area (Å²) in [6.07, 6.45) is 0. The molecule has 2 aromatic rings. The summed E-state index contributed by atoms with van der Waals surface area (Å²) in [6, 6.07) is 8.59. The fourth-order valence-electron chi connectivity index (χ4n) is 2.24. The minimum Gasteiger partial charge on any atom is -0.379 e. The Kier molecular flexibility index (Phi) is 5.36. The van der Waals surface area contributed by atoms with Gasteiger partial charge >= 0.3 is 0 Å². The van der Waals surface area contributed by atoms with Gasteiger partial charge in [0.1, 0.15) is 0 Å². The predicted octanol–water partition coefficient (Wildman–Crippen LogP) is 2.78. The third-order valence-electron chi connectivity index (χ3n) is 3.51. The lowest BCUT2D eigenvalue weighted by Gasteiger charge is -2.25. The summed E-state index contributed by atoms with van der Waals surface area (Å²) in [5.74, 6) is -0.328. The normalized spacial score (nSPS) is 16.0. The van der Waals surface area contributed by atoms with Crippen molar-refractivity contribution in [1.29, 1.82) is 0 Å². The largest absolute Gasteiger partial charge is 0.379 e. The van der Waals surface area contributed by atoms with Crippen molar-refractivity contribution in [3.05, 3.63) is 45.1 Å². The van der Waals surface area contributed by atoms with E-state index < -0.39 is 10.0 Å². The molecule has 0 saturated carbocycles. The van der Waals surface area contributed by atoms with Crippen molar-refractivity contribution in [2.75, 3.05) is 31.6 Å². The molecule has 1 amide bonds. The van der Waals surface area contributed by atoms with Crippen LogP contribution in [0.5, 0.6) is 0 Å². The van der Waals surface area contributed by atoms with Crippen LogP contribution in [0.4, 0.5) is 5.69 Å². The molecule has 0 bridgehead atoms. The minimum absolute atomic E-state index is 0.148. The number of rotatable bonds is 4. The third kappa shape index (κ3) is 3.86. The van der Waals surface area contributed by atoms with Crippen LogP contribution in [0, 0.1) is 0 Å². The molecule has 0 unspecified atom stereocenters. The topological polar surface area (TPSA) is 75.7 Å². The third-order valence-corrected chi connectivity index (χ3v) is 6.99. The quantitative estimate of drug-likeness (QED) is 0.808. The second kappa shape index (κ2) is 7.32. The number of nitrogens with zero attached hydrogens (tertiary/aromatic N) is 1. The predicted molar refractivity (Wildman–Crippen MR) is 96.0 cm³/mol. The molecule has 0 aliphatic carbocycles. The molecule has 1 aliphatic rings. The summed E-state index contributed by atoms with van der Waals surface area (Å²) in [4.78, 5) is 12.8. The van der Waals surface area contributed by atoms with Crippen molar-refractivity contribution in [2.24, 2.45) is 0 Å². The van der Waals surface area contributed by atoms with Crippen molar-refractivity contribution in [1.82, 2.24) is 4.31 Å². The highest BCUT2D eigenvalue weighted by molar-refractivity contribution is 9.10. The fourth-order valence-corrected chi connectivity index (χ4v) is 5.06. The molecule has 2 heterocycles. The number of carbonyl (C=O) groups excluding carboxylic acids is 1. The average Bonchev–Trinajstić information content (AvgIpc) is 3.09. The maximum absolute atomic E-state index is 12.6. The number of halogens is 1. The fraction of sp³-hybridized carbons (Fsp3) is 0.267. The molecule has 0 spiro atoms. The first-order chi connectivity index (χ1) is 11.5. The molecular formula is C15H15BrN2O4S2. The first-order valence-electron chi connectivity index (χ1n) is 7.20. The van der Waals surface area contributed by atoms with Gasteiger partial charge in [0.2, 0.25) is 10.0 Å². The van der Waals surface area contributed by atoms with Gasteiger partial charge in [0.05, 0.1) is 23.0 Å². The second-order valence-corrected chi connectivity index (χ2v) is 8.89. The molecule has 1 N–H and O–H groups in total. The van der Waals surface area contributed by atoms with Crippen molar-refractivity contribution in [3.8, 4) is 0 Å². The van der Waals surface area contributed by atoms with Crippen molar-refractivity contribution < 1.29 is 17.9 Å². The zero-order chi connectivity index (χ0) is 17.2. The van der Waals surface area contributed by atoms with E-state index in [1.54, 1.807) is 12.1 Å². The molecular weight excluding hydrogens is 416 g/mol. The molecule has 1 saturated heterocycles. The number of carbonyl (C=O) groups is 1. The van der Waals surface area contributed by atoms with E-state index in [1.165, 1.54) is 15.8 Å². The number of ether oxygens (including phenoxy) is 1. The van der Waals surface area contributed by atoms with Gasteiger partial charge in [-0.05, 0) is 30.3 Å². The van der Waals surface area contributed by atoms with Gasteiger partial charge in [-0.15, -0.1) is 11.3 Å². The molecule has 1 aromatic heterocycles. The highest BCUT2D eigenvalue weighted by atomic mass is 79.9. The van der Waals surface area contributed by atoms with E-state index in [1.807, 2.05) is 12.1 Å². The molecule has 128 valence electrons. The van der Waals surface area contributed by atoms with E-state index in [4.69, 9.17) is 4.74 Å². The summed E-state index contributed by atoms with van der Waals surface area (Å²) < 4.78 is 32.6. The van der Waals surface area contributed by atoms with Crippen LogP contribution in [0.15, 0.2) is 45.1 Å². The monoisotopic (exact) mass is 430 g/mol. The zero-order valence-corrected chi connectivity index (χ0v) is 15.8. The van der Waals surface area contributed by atoms with Gasteiger partial charge < -0.3 is 10.1 Å². The number of morpholine rings is 1. The number of anilines is 1. The van der Waals surface area contributed by atoms with E-state index in [2.05, 4.69) is 21.2 Å². The standard InChI is InChI=1S/C15H15BrN2O4S2/c16-11-1-3-12(4-2-11)17-15(19)14-9-13(10-23-14)24(20,21)18-5-7-22-8-6-18/h1-4,9-10H,5-8H2,(H,17,19). The van der Waals surface area contributed by atoms with Crippen molar-refractivity contribution >= 4 is 48.9 Å². The number of amides is 1. The Bertz CT molecular complexity index is 827. The number of nitrogens with one attached hydrogen (secondary N) is 1. The number of sulfonamides is 1. The number of hydrogen-bond acceptors (Lipinski definition) is 5. The van der Waals surface area contributed by atoms with Crippen LogP contribution in [0.25, 0.3) is 0 Å². The van der Waals surface area contributed by atoms with Crippen LogP contribution >= 0.6 is 27.3 Å². The number of benzene rings is 1. The lowest BCUT2D eigenvalue weighted by molar-refractivity contribution is 0.0730. The molecule has 0 radical (unpaired) electrons. The van der Waals surface area contributed by atoms with Crippen molar-refractivity contribution in [2.45, 2.75) is 4.90 Å². The highest BCUT2D eigenvalue weighted by Gasteiger charge is 2.28. The highest BCUT2D eigenvalue weighted by Crippen LogP contribution is 2.24. The van der Waals surface area contributed by atoms with E-state index in [-0.39, 0.29) is 10.8 Å². The van der Waals surface area contributed by atoms with Crippen LogP contribution in [0.3, 0.4) is 0 Å². The van der Waals surface area contributed by atoms with Gasteiger partial charge in [0, 0.05) is 28.6 Å². The van der Waals surface area contributed by atoms with Gasteiger partial charge in [0.25, 0.3) is 5.91 Å². The number of hydrogen-bond donors (Lipinski definition) is 1. The van der Waals surface area contributed by atoms with Crippen LogP contribution in [-0.2, 0) is 14.8 Å². The molecule has 9 heteroatoms. The molecule has 1 aromatic carbocycles.